The standard InChI is InChI=1S/C23H21ClN4OS/c1-2-28-15-22(30-19-8-6-18(24)7-9-19)21(27-28)11-13-26-23(29)17-5-10-20-16(14-17)4-3-12-25-20/h3-10,12,14-15H,2,11,13H2,1H3,(H,26,29). The van der Waals surface area contributed by atoms with Crippen LogP contribution in [-0.4, -0.2) is 27.2 Å². The zero-order valence-electron chi connectivity index (χ0n) is 16.5. The highest BCUT2D eigenvalue weighted by atomic mass is 35.5. The van der Waals surface area contributed by atoms with Crippen molar-refractivity contribution in [2.45, 2.75) is 29.7 Å². The lowest BCUT2D eigenvalue weighted by Gasteiger charge is -2.07. The molecule has 4 rings (SSSR count). The second kappa shape index (κ2) is 9.32. The van der Waals surface area contributed by atoms with Gasteiger partial charge in [-0.1, -0.05) is 29.4 Å². The van der Waals surface area contributed by atoms with Gasteiger partial charge in [0.05, 0.1) is 16.1 Å². The van der Waals surface area contributed by atoms with Gasteiger partial charge in [-0.2, -0.15) is 5.10 Å². The van der Waals surface area contributed by atoms with Crippen LogP contribution in [0.2, 0.25) is 5.02 Å². The second-order valence-corrected chi connectivity index (χ2v) is 8.32. The molecule has 2 aromatic heterocycles. The number of nitrogens with zero attached hydrogens (tertiary/aromatic N) is 3. The monoisotopic (exact) mass is 436 g/mol. The van der Waals surface area contributed by atoms with Gasteiger partial charge < -0.3 is 5.32 Å². The van der Waals surface area contributed by atoms with Gasteiger partial charge in [0, 0.05) is 52.8 Å². The van der Waals surface area contributed by atoms with Crippen molar-refractivity contribution >= 4 is 40.2 Å². The SMILES string of the molecule is CCn1cc(Sc2ccc(Cl)cc2)c(CCNC(=O)c2ccc3ncccc3c2)n1. The fraction of sp³-hybridized carbons (Fsp3) is 0.174. The molecule has 7 heteroatoms. The minimum absolute atomic E-state index is 0.0948. The quantitative estimate of drug-likeness (QED) is 0.431. The molecule has 0 atom stereocenters. The first-order valence-corrected chi connectivity index (χ1v) is 10.9. The van der Waals surface area contributed by atoms with E-state index in [1.54, 1.807) is 24.0 Å². The van der Waals surface area contributed by atoms with Crippen molar-refractivity contribution in [2.75, 3.05) is 6.54 Å². The van der Waals surface area contributed by atoms with Crippen LogP contribution in [-0.2, 0) is 13.0 Å². The lowest BCUT2D eigenvalue weighted by molar-refractivity contribution is 0.0954. The number of carbonyl (C=O) groups is 1. The van der Waals surface area contributed by atoms with Crippen molar-refractivity contribution in [3.63, 3.8) is 0 Å². The van der Waals surface area contributed by atoms with Crippen molar-refractivity contribution in [1.29, 1.82) is 0 Å². The first kappa shape index (κ1) is 20.4. The second-order valence-electron chi connectivity index (χ2n) is 6.77. The average molecular weight is 437 g/mol. The lowest BCUT2D eigenvalue weighted by atomic mass is 10.1. The van der Waals surface area contributed by atoms with E-state index in [9.17, 15) is 4.79 Å². The van der Waals surface area contributed by atoms with E-state index in [0.29, 0.717) is 18.5 Å². The zero-order valence-corrected chi connectivity index (χ0v) is 18.1. The minimum Gasteiger partial charge on any atom is -0.352 e. The Morgan fingerprint density at radius 3 is 2.80 bits per heavy atom. The van der Waals surface area contributed by atoms with Gasteiger partial charge in [-0.25, -0.2) is 0 Å². The summed E-state index contributed by atoms with van der Waals surface area (Å²) in [7, 11) is 0. The Kier molecular flexibility index (Phi) is 6.35. The Morgan fingerprint density at radius 2 is 2.00 bits per heavy atom. The first-order chi connectivity index (χ1) is 14.6. The van der Waals surface area contributed by atoms with E-state index in [-0.39, 0.29) is 5.91 Å². The topological polar surface area (TPSA) is 59.8 Å². The third-order valence-corrected chi connectivity index (χ3v) is 6.00. The predicted octanol–water partition coefficient (Wildman–Crippen LogP) is 5.23. The van der Waals surface area contributed by atoms with Gasteiger partial charge in [-0.15, -0.1) is 0 Å². The van der Waals surface area contributed by atoms with Gasteiger partial charge >= 0.3 is 0 Å². The molecule has 0 aliphatic rings. The summed E-state index contributed by atoms with van der Waals surface area (Å²) < 4.78 is 1.92. The molecule has 0 aliphatic heterocycles. The fourth-order valence-corrected chi connectivity index (χ4v) is 4.19. The third-order valence-electron chi connectivity index (χ3n) is 4.68. The summed E-state index contributed by atoms with van der Waals surface area (Å²) in [5.41, 5.74) is 2.48. The molecule has 0 unspecified atom stereocenters. The highest BCUT2D eigenvalue weighted by Crippen LogP contribution is 2.31. The number of rotatable bonds is 7. The van der Waals surface area contributed by atoms with Crippen molar-refractivity contribution in [3.8, 4) is 0 Å². The summed E-state index contributed by atoms with van der Waals surface area (Å²) in [5, 5.41) is 9.34. The number of benzene rings is 2. The van der Waals surface area contributed by atoms with Crippen LogP contribution in [0.4, 0.5) is 0 Å². The van der Waals surface area contributed by atoms with E-state index >= 15 is 0 Å². The van der Waals surface area contributed by atoms with Crippen LogP contribution in [0.5, 0.6) is 0 Å². The molecule has 0 saturated carbocycles. The number of nitrogens with one attached hydrogen (secondary N) is 1. The lowest BCUT2D eigenvalue weighted by Crippen LogP contribution is -2.25. The maximum atomic E-state index is 12.6. The fourth-order valence-electron chi connectivity index (χ4n) is 3.11. The predicted molar refractivity (Wildman–Crippen MR) is 121 cm³/mol. The van der Waals surface area contributed by atoms with Crippen LogP contribution in [0.1, 0.15) is 23.0 Å². The third kappa shape index (κ3) is 4.83. The summed E-state index contributed by atoms with van der Waals surface area (Å²) in [6, 6.07) is 17.1. The summed E-state index contributed by atoms with van der Waals surface area (Å²) in [5.74, 6) is -0.0948. The summed E-state index contributed by atoms with van der Waals surface area (Å²) >= 11 is 7.64. The minimum atomic E-state index is -0.0948. The summed E-state index contributed by atoms with van der Waals surface area (Å²) in [6.07, 6.45) is 4.45. The number of hydrogen-bond donors (Lipinski definition) is 1. The molecule has 1 N–H and O–H groups in total. The van der Waals surface area contributed by atoms with Gasteiger partial charge in [0.15, 0.2) is 0 Å². The molecule has 30 heavy (non-hydrogen) atoms. The van der Waals surface area contributed by atoms with Gasteiger partial charge in [0.25, 0.3) is 5.91 Å². The van der Waals surface area contributed by atoms with E-state index in [1.165, 1.54) is 0 Å². The maximum Gasteiger partial charge on any atom is 0.251 e. The molecular formula is C23H21ClN4OS. The van der Waals surface area contributed by atoms with Gasteiger partial charge in [0.2, 0.25) is 0 Å². The average Bonchev–Trinajstić information content (AvgIpc) is 3.16. The number of amides is 1. The van der Waals surface area contributed by atoms with Crippen LogP contribution in [0.25, 0.3) is 10.9 Å². The van der Waals surface area contributed by atoms with E-state index in [4.69, 9.17) is 11.6 Å². The summed E-state index contributed by atoms with van der Waals surface area (Å²) in [4.78, 5) is 19.1. The van der Waals surface area contributed by atoms with Gasteiger partial charge in [-0.05, 0) is 55.5 Å². The van der Waals surface area contributed by atoms with Gasteiger partial charge in [0.1, 0.15) is 0 Å². The van der Waals surface area contributed by atoms with Crippen molar-refractivity contribution in [2.24, 2.45) is 0 Å². The van der Waals surface area contributed by atoms with Crippen molar-refractivity contribution < 1.29 is 4.79 Å². The van der Waals surface area contributed by atoms with E-state index in [1.807, 2.05) is 59.4 Å². The van der Waals surface area contributed by atoms with Crippen LogP contribution in [0.15, 0.2) is 76.8 Å². The largest absolute Gasteiger partial charge is 0.352 e. The Morgan fingerprint density at radius 1 is 1.17 bits per heavy atom. The first-order valence-electron chi connectivity index (χ1n) is 9.75. The van der Waals surface area contributed by atoms with Crippen LogP contribution < -0.4 is 5.32 Å². The number of pyridine rings is 1. The van der Waals surface area contributed by atoms with E-state index < -0.39 is 0 Å². The molecule has 0 spiro atoms. The molecule has 4 aromatic rings. The number of halogens is 1. The molecule has 2 aromatic carbocycles. The Hall–Kier alpha value is -2.83. The number of carbonyl (C=O) groups excluding carboxylic acids is 1. The Balaban J connectivity index is 1.41. The normalized spacial score (nSPS) is 11.0. The van der Waals surface area contributed by atoms with E-state index in [0.717, 1.165) is 38.0 Å². The maximum absolute atomic E-state index is 12.6. The summed E-state index contributed by atoms with van der Waals surface area (Å²) in [6.45, 7) is 3.37. The molecule has 0 fully saturated rings. The molecule has 1 amide bonds. The Bertz CT molecular complexity index is 1170. The number of aryl methyl sites for hydroxylation is 1. The van der Waals surface area contributed by atoms with Crippen molar-refractivity contribution in [3.05, 3.63) is 83.3 Å². The van der Waals surface area contributed by atoms with Crippen LogP contribution in [0, 0.1) is 0 Å². The highest BCUT2D eigenvalue weighted by Gasteiger charge is 2.12. The number of fused-ring (bicyclic) bond motifs is 1. The molecular weight excluding hydrogens is 416 g/mol. The highest BCUT2D eigenvalue weighted by molar-refractivity contribution is 7.99. The molecule has 0 bridgehead atoms. The van der Waals surface area contributed by atoms with Crippen molar-refractivity contribution in [1.82, 2.24) is 20.1 Å². The van der Waals surface area contributed by atoms with Crippen LogP contribution in [0.3, 0.4) is 0 Å². The zero-order chi connectivity index (χ0) is 20.9. The van der Waals surface area contributed by atoms with E-state index in [2.05, 4.69) is 22.3 Å². The molecule has 0 radical (unpaired) electrons. The molecule has 0 aliphatic carbocycles. The number of aromatic nitrogens is 3. The molecule has 2 heterocycles. The number of hydrogen-bond acceptors (Lipinski definition) is 4. The Labute approximate surface area is 184 Å². The van der Waals surface area contributed by atoms with Gasteiger partial charge in [-0.3, -0.25) is 14.5 Å². The van der Waals surface area contributed by atoms with Crippen LogP contribution >= 0.6 is 23.4 Å². The molecule has 5 nitrogen and oxygen atoms in total. The molecule has 0 saturated heterocycles. The molecule has 152 valence electrons. The smallest absolute Gasteiger partial charge is 0.251 e.